The molecule has 7 aromatic rings. The molecule has 0 saturated heterocycles. The molecule has 0 unspecified atom stereocenters. The molecular weight excluding hydrogens is 450 g/mol. The summed E-state index contributed by atoms with van der Waals surface area (Å²) in [5.74, 6) is 0. The molecule has 0 fully saturated rings. The van der Waals surface area contributed by atoms with Crippen LogP contribution in [0.2, 0.25) is 0 Å². The van der Waals surface area contributed by atoms with Crippen LogP contribution in [0.5, 0.6) is 0 Å². The molecule has 9 rings (SSSR count). The maximum atomic E-state index is 5.12. The Hall–Kier alpha value is -4.24. The Labute approximate surface area is 214 Å². The summed E-state index contributed by atoms with van der Waals surface area (Å²) in [6, 6.07) is 24.4. The third-order valence-electron chi connectivity index (χ3n) is 9.36. The van der Waals surface area contributed by atoms with Crippen LogP contribution in [0.15, 0.2) is 79.1 Å². The van der Waals surface area contributed by atoms with Crippen LogP contribution in [0, 0.1) is 0 Å². The van der Waals surface area contributed by atoms with E-state index in [1.165, 1.54) is 71.5 Å². The van der Waals surface area contributed by atoms with E-state index in [1.807, 2.05) is 0 Å². The van der Waals surface area contributed by atoms with Crippen molar-refractivity contribution in [2.24, 2.45) is 0 Å². The lowest BCUT2D eigenvalue weighted by atomic mass is 9.80. The van der Waals surface area contributed by atoms with Gasteiger partial charge in [-0.2, -0.15) is 0 Å². The molecule has 3 heteroatoms. The lowest BCUT2D eigenvalue weighted by Crippen LogP contribution is -2.16. The number of para-hydroxylation sites is 1. The van der Waals surface area contributed by atoms with Gasteiger partial charge in [0, 0.05) is 43.5 Å². The number of hydrogen-bond acceptors (Lipinski definition) is 2. The van der Waals surface area contributed by atoms with Gasteiger partial charge < -0.3 is 4.40 Å². The quantitative estimate of drug-likeness (QED) is 0.221. The first-order chi connectivity index (χ1) is 17.9. The number of benzene rings is 3. The van der Waals surface area contributed by atoms with Crippen molar-refractivity contribution in [3.8, 4) is 22.5 Å². The molecule has 0 bridgehead atoms. The molecular formula is C34H25N3. The first-order valence-electron chi connectivity index (χ1n) is 13.1. The predicted octanol–water partition coefficient (Wildman–Crippen LogP) is 8.24. The monoisotopic (exact) mass is 475 g/mol. The zero-order valence-electron chi connectivity index (χ0n) is 21.3. The number of nitrogens with zero attached hydrogens (tertiary/aromatic N) is 3. The maximum Gasteiger partial charge on any atom is 0.0753 e. The van der Waals surface area contributed by atoms with Gasteiger partial charge in [-0.3, -0.25) is 9.97 Å². The molecule has 0 saturated carbocycles. The first kappa shape index (κ1) is 19.9. The SMILES string of the molecule is CC1(C)c2ccccc2-c2ncc3c(c21)c1cccc2c4c5c(ncc4n3c12)-c1ccccc1C5(C)C. The minimum absolute atomic E-state index is 0.116. The molecule has 37 heavy (non-hydrogen) atoms. The molecule has 0 amide bonds. The molecule has 4 aromatic heterocycles. The fourth-order valence-electron chi connectivity index (χ4n) is 7.81. The molecule has 2 aliphatic rings. The van der Waals surface area contributed by atoms with Gasteiger partial charge in [0.15, 0.2) is 0 Å². The largest absolute Gasteiger partial charge is 0.305 e. The number of rotatable bonds is 0. The van der Waals surface area contributed by atoms with E-state index in [2.05, 4.69) is 111 Å². The smallest absolute Gasteiger partial charge is 0.0753 e. The van der Waals surface area contributed by atoms with Crippen molar-refractivity contribution in [3.63, 3.8) is 0 Å². The molecule has 4 heterocycles. The fourth-order valence-corrected chi connectivity index (χ4v) is 7.81. The topological polar surface area (TPSA) is 30.2 Å². The number of pyridine rings is 2. The summed E-state index contributed by atoms with van der Waals surface area (Å²) in [7, 11) is 0. The van der Waals surface area contributed by atoms with Crippen molar-refractivity contribution in [3.05, 3.63) is 101 Å². The summed E-state index contributed by atoms with van der Waals surface area (Å²) in [6.07, 6.45) is 4.19. The van der Waals surface area contributed by atoms with Crippen molar-refractivity contribution in [2.45, 2.75) is 38.5 Å². The minimum Gasteiger partial charge on any atom is -0.305 e. The third kappa shape index (κ3) is 2.03. The lowest BCUT2D eigenvalue weighted by molar-refractivity contribution is 0.665. The summed E-state index contributed by atoms with van der Waals surface area (Å²) < 4.78 is 2.44. The number of aromatic nitrogens is 3. The third-order valence-corrected chi connectivity index (χ3v) is 9.36. The summed E-state index contributed by atoms with van der Waals surface area (Å²) in [6.45, 7) is 9.39. The Morgan fingerprint density at radius 1 is 0.568 bits per heavy atom. The Morgan fingerprint density at radius 3 is 1.51 bits per heavy atom. The van der Waals surface area contributed by atoms with Crippen molar-refractivity contribution in [1.82, 2.24) is 14.4 Å². The number of hydrogen-bond donors (Lipinski definition) is 0. The summed E-state index contributed by atoms with van der Waals surface area (Å²) in [4.78, 5) is 10.2. The van der Waals surface area contributed by atoms with E-state index in [0.29, 0.717) is 0 Å². The second-order valence-electron chi connectivity index (χ2n) is 11.9. The molecule has 0 radical (unpaired) electrons. The Kier molecular flexibility index (Phi) is 3.23. The summed E-state index contributed by atoms with van der Waals surface area (Å²) in [5.41, 5.74) is 13.6. The van der Waals surface area contributed by atoms with E-state index in [-0.39, 0.29) is 10.8 Å². The van der Waals surface area contributed by atoms with Crippen molar-refractivity contribution >= 4 is 38.1 Å². The number of fused-ring (bicyclic) bond motifs is 14. The van der Waals surface area contributed by atoms with Crippen LogP contribution in [-0.2, 0) is 10.8 Å². The highest BCUT2D eigenvalue weighted by atomic mass is 14.9. The van der Waals surface area contributed by atoms with Crippen molar-refractivity contribution in [1.29, 1.82) is 0 Å². The summed E-state index contributed by atoms with van der Waals surface area (Å²) in [5, 5.41) is 5.28. The van der Waals surface area contributed by atoms with Crippen LogP contribution < -0.4 is 0 Å². The lowest BCUT2D eigenvalue weighted by Gasteiger charge is -2.22. The van der Waals surface area contributed by atoms with E-state index in [0.717, 1.165) is 11.4 Å². The summed E-state index contributed by atoms with van der Waals surface area (Å²) >= 11 is 0. The highest BCUT2D eigenvalue weighted by molar-refractivity contribution is 6.26. The van der Waals surface area contributed by atoms with E-state index in [1.54, 1.807) is 0 Å². The van der Waals surface area contributed by atoms with Crippen LogP contribution in [0.1, 0.15) is 49.9 Å². The zero-order chi connectivity index (χ0) is 24.8. The fraction of sp³-hybridized carbons (Fsp3) is 0.176. The average Bonchev–Trinajstić information content (AvgIpc) is 3.57. The van der Waals surface area contributed by atoms with E-state index in [9.17, 15) is 0 Å². The van der Waals surface area contributed by atoms with Gasteiger partial charge in [0.2, 0.25) is 0 Å². The van der Waals surface area contributed by atoms with Crippen molar-refractivity contribution < 1.29 is 0 Å². The van der Waals surface area contributed by atoms with Crippen LogP contribution >= 0.6 is 0 Å². The van der Waals surface area contributed by atoms with Crippen LogP contribution in [-0.4, -0.2) is 14.4 Å². The van der Waals surface area contributed by atoms with Crippen LogP contribution in [0.4, 0.5) is 0 Å². The van der Waals surface area contributed by atoms with Gasteiger partial charge in [0.05, 0.1) is 40.3 Å². The molecule has 0 spiro atoms. The maximum absolute atomic E-state index is 5.12. The highest BCUT2D eigenvalue weighted by Gasteiger charge is 2.41. The minimum atomic E-state index is -0.116. The molecule has 0 N–H and O–H groups in total. The van der Waals surface area contributed by atoms with Gasteiger partial charge in [-0.25, -0.2) is 0 Å². The van der Waals surface area contributed by atoms with Crippen LogP contribution in [0.3, 0.4) is 0 Å². The molecule has 0 aliphatic heterocycles. The van der Waals surface area contributed by atoms with Crippen molar-refractivity contribution in [2.75, 3.05) is 0 Å². The molecule has 176 valence electrons. The van der Waals surface area contributed by atoms with Gasteiger partial charge >= 0.3 is 0 Å². The normalized spacial score (nSPS) is 16.5. The van der Waals surface area contributed by atoms with Crippen LogP contribution in [0.25, 0.3) is 60.6 Å². The standard InChI is InChI=1S/C34H25N3/c1-33(2)22-14-7-5-10-18(22)30-28(33)26-20-12-9-13-21-27-25(37(32(20)21)24(26)16-35-30)17-36-31-19-11-6-8-15-23(19)34(3,4)29(27)31/h5-17H,1-4H3. The zero-order valence-corrected chi connectivity index (χ0v) is 21.3. The molecule has 3 aromatic carbocycles. The van der Waals surface area contributed by atoms with Gasteiger partial charge in [-0.15, -0.1) is 0 Å². The second kappa shape index (κ2) is 6.00. The van der Waals surface area contributed by atoms with E-state index in [4.69, 9.17) is 9.97 Å². The second-order valence-corrected chi connectivity index (χ2v) is 11.9. The highest BCUT2D eigenvalue weighted by Crippen LogP contribution is 2.55. The van der Waals surface area contributed by atoms with Gasteiger partial charge in [-0.1, -0.05) is 94.4 Å². The molecule has 2 aliphatic carbocycles. The van der Waals surface area contributed by atoms with Gasteiger partial charge in [0.1, 0.15) is 0 Å². The molecule has 0 atom stereocenters. The Bertz CT molecular complexity index is 1990. The van der Waals surface area contributed by atoms with Gasteiger partial charge in [0.25, 0.3) is 0 Å². The Morgan fingerprint density at radius 2 is 1.03 bits per heavy atom. The molecule has 3 nitrogen and oxygen atoms in total. The van der Waals surface area contributed by atoms with E-state index < -0.39 is 0 Å². The Balaban J connectivity index is 1.49. The average molecular weight is 476 g/mol. The van der Waals surface area contributed by atoms with E-state index >= 15 is 0 Å². The predicted molar refractivity (Wildman–Crippen MR) is 152 cm³/mol. The van der Waals surface area contributed by atoms with Gasteiger partial charge in [-0.05, 0) is 22.3 Å². The first-order valence-corrected chi connectivity index (χ1v) is 13.1.